The number of hydrogen-bond donors (Lipinski definition) is 2. The lowest BCUT2D eigenvalue weighted by Crippen LogP contribution is -2.49. The van der Waals surface area contributed by atoms with Crippen LogP contribution in [-0.4, -0.2) is 66.9 Å². The number of benzene rings is 2. The highest BCUT2D eigenvalue weighted by Gasteiger charge is 2.34. The normalized spacial score (nSPS) is 18.2. The van der Waals surface area contributed by atoms with Gasteiger partial charge in [0.2, 0.25) is 0 Å². The molecule has 0 saturated carbocycles. The molecule has 4 rings (SSSR count). The van der Waals surface area contributed by atoms with E-state index in [0.717, 1.165) is 41.5 Å². The Balaban J connectivity index is 1.29. The molecule has 1 heterocycles. The van der Waals surface area contributed by atoms with Gasteiger partial charge in [-0.3, -0.25) is 4.79 Å². The van der Waals surface area contributed by atoms with Crippen molar-refractivity contribution in [3.8, 4) is 11.1 Å². The van der Waals surface area contributed by atoms with E-state index >= 15 is 0 Å². The minimum Gasteiger partial charge on any atom is -0.480 e. The molecule has 2 aromatic carbocycles. The Morgan fingerprint density at radius 1 is 1.03 bits per heavy atom. The number of amides is 2. The molecule has 35 heavy (non-hydrogen) atoms. The lowest BCUT2D eigenvalue weighted by atomic mass is 9.98. The molecule has 0 spiro atoms. The Labute approximate surface area is 205 Å². The van der Waals surface area contributed by atoms with Gasteiger partial charge in [-0.15, -0.1) is 0 Å². The van der Waals surface area contributed by atoms with Crippen LogP contribution in [0.2, 0.25) is 0 Å². The Bertz CT molecular complexity index is 1030. The molecular weight excluding hydrogens is 448 g/mol. The third-order valence-electron chi connectivity index (χ3n) is 6.90. The van der Waals surface area contributed by atoms with E-state index in [2.05, 4.69) is 29.6 Å². The maximum Gasteiger partial charge on any atom is 0.407 e. The monoisotopic (exact) mass is 480 g/mol. The minimum atomic E-state index is -0.994. The fourth-order valence-electron chi connectivity index (χ4n) is 5.11. The first-order valence-corrected chi connectivity index (χ1v) is 12.2. The van der Waals surface area contributed by atoms with Crippen LogP contribution in [0.1, 0.15) is 49.1 Å². The number of carboxylic acid groups (broad SMARTS) is 1. The summed E-state index contributed by atoms with van der Waals surface area (Å²) in [5.74, 6) is -1.37. The summed E-state index contributed by atoms with van der Waals surface area (Å²) in [5.41, 5.74) is 4.59. The highest BCUT2D eigenvalue weighted by molar-refractivity contribution is 5.86. The van der Waals surface area contributed by atoms with Crippen molar-refractivity contribution >= 4 is 18.0 Å². The van der Waals surface area contributed by atoms with Crippen LogP contribution in [0, 0.1) is 0 Å². The predicted octanol–water partition coefficient (Wildman–Crippen LogP) is 3.79. The second kappa shape index (κ2) is 11.4. The highest BCUT2D eigenvalue weighted by Crippen LogP contribution is 2.44. The standard InChI is InChI=1S/C27H32N2O6/c1-34-24(25(30)29-16-8-2-3-13-23(29)26(31)32)14-15-28-27(33)35-17-22-20-11-6-4-9-18(20)19-10-5-7-12-21(19)22/h4-7,9-12,22-24H,2-3,8,13-17H2,1H3,(H,28,33)(H,31,32). The van der Waals surface area contributed by atoms with Gasteiger partial charge in [0.25, 0.3) is 5.91 Å². The number of carbonyl (C=O) groups excluding carboxylic acids is 2. The number of aliphatic carboxylic acids is 1. The number of carboxylic acids is 1. The van der Waals surface area contributed by atoms with Crippen molar-refractivity contribution in [1.29, 1.82) is 0 Å². The van der Waals surface area contributed by atoms with Crippen molar-refractivity contribution in [2.24, 2.45) is 0 Å². The summed E-state index contributed by atoms with van der Waals surface area (Å²) < 4.78 is 10.9. The van der Waals surface area contributed by atoms with Gasteiger partial charge in [0.05, 0.1) is 0 Å². The molecule has 2 aliphatic rings. The van der Waals surface area contributed by atoms with Crippen LogP contribution >= 0.6 is 0 Å². The minimum absolute atomic E-state index is 0.0301. The Hall–Kier alpha value is -3.39. The molecule has 8 heteroatoms. The van der Waals surface area contributed by atoms with Crippen LogP contribution in [0.15, 0.2) is 48.5 Å². The molecule has 2 unspecified atom stereocenters. The molecule has 1 saturated heterocycles. The van der Waals surface area contributed by atoms with Gasteiger partial charge in [0.15, 0.2) is 0 Å². The van der Waals surface area contributed by atoms with Crippen molar-refractivity contribution in [2.75, 3.05) is 26.8 Å². The zero-order valence-electron chi connectivity index (χ0n) is 19.9. The van der Waals surface area contributed by atoms with Crippen LogP contribution < -0.4 is 5.32 Å². The second-order valence-electron chi connectivity index (χ2n) is 9.00. The molecule has 1 fully saturated rings. The van der Waals surface area contributed by atoms with Crippen LogP contribution in [0.3, 0.4) is 0 Å². The summed E-state index contributed by atoms with van der Waals surface area (Å²) in [4.78, 5) is 38.5. The number of likely N-dealkylation sites (tertiary alicyclic amines) is 1. The number of fused-ring (bicyclic) bond motifs is 3. The molecule has 2 aromatic rings. The molecule has 1 aliphatic heterocycles. The summed E-state index contributed by atoms with van der Waals surface area (Å²) in [7, 11) is 1.42. The van der Waals surface area contributed by atoms with Crippen molar-refractivity contribution in [2.45, 2.75) is 50.2 Å². The fourth-order valence-corrected chi connectivity index (χ4v) is 5.11. The molecule has 2 N–H and O–H groups in total. The number of rotatable bonds is 8. The fraction of sp³-hybridized carbons (Fsp3) is 0.444. The first-order valence-electron chi connectivity index (χ1n) is 12.2. The summed E-state index contributed by atoms with van der Waals surface area (Å²) in [6.07, 6.45) is 1.72. The van der Waals surface area contributed by atoms with E-state index in [9.17, 15) is 19.5 Å². The third kappa shape index (κ3) is 5.48. The molecule has 1 aliphatic carbocycles. The first-order chi connectivity index (χ1) is 17.0. The average molecular weight is 481 g/mol. The molecule has 186 valence electrons. The quantitative estimate of drug-likeness (QED) is 0.596. The largest absolute Gasteiger partial charge is 0.480 e. The number of carbonyl (C=O) groups is 3. The summed E-state index contributed by atoms with van der Waals surface area (Å²) >= 11 is 0. The van der Waals surface area contributed by atoms with Crippen LogP contribution in [-0.2, 0) is 19.1 Å². The van der Waals surface area contributed by atoms with Crippen LogP contribution in [0.4, 0.5) is 4.79 Å². The summed E-state index contributed by atoms with van der Waals surface area (Å²) in [5, 5.41) is 12.2. The van der Waals surface area contributed by atoms with Gasteiger partial charge in [0, 0.05) is 32.5 Å². The zero-order chi connectivity index (χ0) is 24.8. The van der Waals surface area contributed by atoms with Gasteiger partial charge in [-0.25, -0.2) is 9.59 Å². The van der Waals surface area contributed by atoms with E-state index in [1.54, 1.807) is 0 Å². The van der Waals surface area contributed by atoms with Gasteiger partial charge < -0.3 is 24.8 Å². The topological polar surface area (TPSA) is 105 Å². The Morgan fingerprint density at radius 2 is 1.69 bits per heavy atom. The van der Waals surface area contributed by atoms with Gasteiger partial charge in [-0.1, -0.05) is 61.4 Å². The van der Waals surface area contributed by atoms with Crippen molar-refractivity contribution in [3.05, 3.63) is 59.7 Å². The maximum atomic E-state index is 13.0. The Kier molecular flexibility index (Phi) is 8.02. The van der Waals surface area contributed by atoms with Gasteiger partial charge in [0.1, 0.15) is 18.8 Å². The van der Waals surface area contributed by atoms with E-state index in [4.69, 9.17) is 9.47 Å². The van der Waals surface area contributed by atoms with E-state index in [-0.39, 0.29) is 31.4 Å². The SMILES string of the molecule is COC(CCNC(=O)OCC1c2ccccc2-c2ccccc21)C(=O)N1CCCCCC1C(=O)O. The number of methoxy groups -OCH3 is 1. The van der Waals surface area contributed by atoms with Gasteiger partial charge in [-0.05, 0) is 35.1 Å². The van der Waals surface area contributed by atoms with Gasteiger partial charge in [-0.2, -0.15) is 0 Å². The number of ether oxygens (including phenoxy) is 2. The number of nitrogens with zero attached hydrogens (tertiary/aromatic N) is 1. The zero-order valence-corrected chi connectivity index (χ0v) is 19.9. The number of alkyl carbamates (subject to hydrolysis) is 1. The van der Waals surface area contributed by atoms with Crippen LogP contribution in [0.25, 0.3) is 11.1 Å². The lowest BCUT2D eigenvalue weighted by Gasteiger charge is -2.30. The van der Waals surface area contributed by atoms with E-state index in [0.29, 0.717) is 13.0 Å². The molecule has 0 radical (unpaired) electrons. The molecule has 2 amide bonds. The van der Waals surface area contributed by atoms with Crippen molar-refractivity contribution in [3.63, 3.8) is 0 Å². The van der Waals surface area contributed by atoms with Crippen molar-refractivity contribution < 1.29 is 29.0 Å². The lowest BCUT2D eigenvalue weighted by molar-refractivity contribution is -0.155. The van der Waals surface area contributed by atoms with E-state index in [1.807, 2.05) is 24.3 Å². The second-order valence-corrected chi connectivity index (χ2v) is 9.00. The molecular formula is C27H32N2O6. The third-order valence-corrected chi connectivity index (χ3v) is 6.90. The van der Waals surface area contributed by atoms with Crippen molar-refractivity contribution in [1.82, 2.24) is 10.2 Å². The first kappa shape index (κ1) is 24.7. The Morgan fingerprint density at radius 3 is 2.31 bits per heavy atom. The number of hydrogen-bond acceptors (Lipinski definition) is 5. The predicted molar refractivity (Wildman–Crippen MR) is 130 cm³/mol. The molecule has 0 bridgehead atoms. The molecule has 8 nitrogen and oxygen atoms in total. The highest BCUT2D eigenvalue weighted by atomic mass is 16.5. The smallest absolute Gasteiger partial charge is 0.407 e. The number of nitrogens with one attached hydrogen (secondary N) is 1. The average Bonchev–Trinajstić information content (AvgIpc) is 3.00. The summed E-state index contributed by atoms with van der Waals surface area (Å²) in [6, 6.07) is 15.4. The summed E-state index contributed by atoms with van der Waals surface area (Å²) in [6.45, 7) is 0.780. The van der Waals surface area contributed by atoms with E-state index in [1.165, 1.54) is 12.0 Å². The molecule has 0 aromatic heterocycles. The molecule has 2 atom stereocenters. The maximum absolute atomic E-state index is 13.0. The van der Waals surface area contributed by atoms with Gasteiger partial charge >= 0.3 is 12.1 Å². The van der Waals surface area contributed by atoms with Crippen LogP contribution in [0.5, 0.6) is 0 Å². The van der Waals surface area contributed by atoms with E-state index < -0.39 is 24.2 Å².